The molecule has 1 amide bonds. The summed E-state index contributed by atoms with van der Waals surface area (Å²) in [5, 5.41) is 15.0. The van der Waals surface area contributed by atoms with Crippen molar-refractivity contribution < 1.29 is 19.4 Å². The van der Waals surface area contributed by atoms with Crippen molar-refractivity contribution >= 4 is 11.6 Å². The minimum absolute atomic E-state index is 0.00246. The first-order valence-electron chi connectivity index (χ1n) is 7.18. The predicted molar refractivity (Wildman–Crippen MR) is 79.8 cm³/mol. The maximum atomic E-state index is 12.2. The maximum Gasteiger partial charge on any atom is 0.228 e. The minimum atomic E-state index is -0.0759. The Morgan fingerprint density at radius 3 is 3.00 bits per heavy atom. The lowest BCUT2D eigenvalue weighted by molar-refractivity contribution is -0.120. The molecule has 1 saturated heterocycles. The van der Waals surface area contributed by atoms with Crippen LogP contribution in [0.25, 0.3) is 0 Å². The first kappa shape index (κ1) is 15.6. The molecular weight excluding hydrogens is 272 g/mol. The number of aliphatic hydroxyl groups excluding tert-OH is 1. The highest BCUT2D eigenvalue weighted by Gasteiger charge is 2.21. The fourth-order valence-corrected chi connectivity index (χ4v) is 2.34. The number of piperidine rings is 1. The van der Waals surface area contributed by atoms with Crippen LogP contribution in [0.15, 0.2) is 18.2 Å². The molecular formula is C15H22N2O4. The lowest BCUT2D eigenvalue weighted by atomic mass is 9.99. The molecule has 1 heterocycles. The number of ether oxygens (including phenoxy) is 2. The molecule has 0 aromatic heterocycles. The summed E-state index contributed by atoms with van der Waals surface area (Å²) >= 11 is 0. The average molecular weight is 294 g/mol. The Labute approximate surface area is 124 Å². The van der Waals surface area contributed by atoms with Gasteiger partial charge in [0.2, 0.25) is 5.91 Å². The number of carbonyl (C=O) groups is 1. The van der Waals surface area contributed by atoms with E-state index in [0.29, 0.717) is 17.2 Å². The van der Waals surface area contributed by atoms with Crippen molar-refractivity contribution in [3.63, 3.8) is 0 Å². The molecule has 1 aromatic carbocycles. The maximum absolute atomic E-state index is 12.2. The van der Waals surface area contributed by atoms with E-state index in [0.717, 1.165) is 25.9 Å². The van der Waals surface area contributed by atoms with Gasteiger partial charge < -0.3 is 25.2 Å². The van der Waals surface area contributed by atoms with Gasteiger partial charge in [-0.05, 0) is 31.5 Å². The molecule has 1 atom stereocenters. The van der Waals surface area contributed by atoms with Crippen LogP contribution in [0.1, 0.15) is 12.8 Å². The molecule has 0 aliphatic carbocycles. The van der Waals surface area contributed by atoms with Crippen LogP contribution in [0.2, 0.25) is 0 Å². The van der Waals surface area contributed by atoms with Gasteiger partial charge in [-0.2, -0.15) is 0 Å². The molecule has 21 heavy (non-hydrogen) atoms. The average Bonchev–Trinajstić information content (AvgIpc) is 2.54. The molecule has 3 N–H and O–H groups in total. The van der Waals surface area contributed by atoms with Gasteiger partial charge in [0.1, 0.15) is 6.61 Å². The Hall–Kier alpha value is -1.79. The van der Waals surface area contributed by atoms with Gasteiger partial charge in [-0.15, -0.1) is 0 Å². The van der Waals surface area contributed by atoms with E-state index in [1.165, 1.54) is 0 Å². The predicted octanol–water partition coefficient (Wildman–Crippen LogP) is 1.00. The normalized spacial score (nSPS) is 18.1. The number of aliphatic hydroxyl groups is 1. The van der Waals surface area contributed by atoms with Crippen LogP contribution in [0.4, 0.5) is 5.69 Å². The van der Waals surface area contributed by atoms with Crippen LogP contribution in [0.5, 0.6) is 11.5 Å². The first-order chi connectivity index (χ1) is 10.2. The molecule has 116 valence electrons. The van der Waals surface area contributed by atoms with E-state index in [1.807, 2.05) is 0 Å². The van der Waals surface area contributed by atoms with Crippen LogP contribution < -0.4 is 20.1 Å². The van der Waals surface area contributed by atoms with E-state index in [9.17, 15) is 4.79 Å². The van der Waals surface area contributed by atoms with Crippen LogP contribution in [0.3, 0.4) is 0 Å². The first-order valence-corrected chi connectivity index (χ1v) is 7.18. The minimum Gasteiger partial charge on any atom is -0.493 e. The number of hydrogen-bond acceptors (Lipinski definition) is 5. The lowest BCUT2D eigenvalue weighted by Crippen LogP contribution is -2.37. The zero-order valence-corrected chi connectivity index (χ0v) is 12.2. The summed E-state index contributed by atoms with van der Waals surface area (Å²) in [6.07, 6.45) is 1.93. The summed E-state index contributed by atoms with van der Waals surface area (Å²) in [5.74, 6) is 1.09. The number of hydrogen-bond donors (Lipinski definition) is 3. The summed E-state index contributed by atoms with van der Waals surface area (Å²) in [6.45, 7) is 1.80. The fraction of sp³-hybridized carbons (Fsp3) is 0.533. The van der Waals surface area contributed by atoms with E-state index in [1.54, 1.807) is 25.3 Å². The zero-order chi connectivity index (χ0) is 15.1. The number of carbonyl (C=O) groups excluding carboxylic acids is 1. The van der Waals surface area contributed by atoms with E-state index in [-0.39, 0.29) is 25.0 Å². The van der Waals surface area contributed by atoms with Gasteiger partial charge in [-0.3, -0.25) is 4.79 Å². The SMILES string of the molecule is COc1ccc(NC(=O)[C@H]2CCCNC2)cc1OCCO. The summed E-state index contributed by atoms with van der Waals surface area (Å²) in [4.78, 5) is 12.2. The highest BCUT2D eigenvalue weighted by molar-refractivity contribution is 5.93. The van der Waals surface area contributed by atoms with E-state index >= 15 is 0 Å². The number of nitrogens with one attached hydrogen (secondary N) is 2. The quantitative estimate of drug-likeness (QED) is 0.729. The van der Waals surface area contributed by atoms with Gasteiger partial charge in [0, 0.05) is 18.3 Å². The Morgan fingerprint density at radius 2 is 2.33 bits per heavy atom. The molecule has 1 aliphatic rings. The van der Waals surface area contributed by atoms with E-state index < -0.39 is 0 Å². The molecule has 6 nitrogen and oxygen atoms in total. The van der Waals surface area contributed by atoms with Crippen LogP contribution in [-0.4, -0.2) is 44.4 Å². The van der Waals surface area contributed by atoms with Gasteiger partial charge in [0.05, 0.1) is 19.6 Å². The smallest absolute Gasteiger partial charge is 0.228 e. The summed E-state index contributed by atoms with van der Waals surface area (Å²) in [5.41, 5.74) is 0.666. The van der Waals surface area contributed by atoms with Crippen LogP contribution in [0, 0.1) is 5.92 Å². The number of methoxy groups -OCH3 is 1. The fourth-order valence-electron chi connectivity index (χ4n) is 2.34. The Morgan fingerprint density at radius 1 is 1.48 bits per heavy atom. The molecule has 1 aromatic rings. The Bertz CT molecular complexity index is 473. The molecule has 1 fully saturated rings. The highest BCUT2D eigenvalue weighted by atomic mass is 16.5. The second-order valence-corrected chi connectivity index (χ2v) is 4.97. The van der Waals surface area contributed by atoms with Gasteiger partial charge in [-0.1, -0.05) is 0 Å². The summed E-state index contributed by atoms with van der Waals surface area (Å²) in [6, 6.07) is 5.23. The second-order valence-electron chi connectivity index (χ2n) is 4.97. The third kappa shape index (κ3) is 4.34. The summed E-state index contributed by atoms with van der Waals surface area (Å²) < 4.78 is 10.6. The lowest BCUT2D eigenvalue weighted by Gasteiger charge is -2.22. The molecule has 0 spiro atoms. The van der Waals surface area contributed by atoms with Crippen LogP contribution >= 0.6 is 0 Å². The third-order valence-corrected chi connectivity index (χ3v) is 3.45. The van der Waals surface area contributed by atoms with Gasteiger partial charge in [0.15, 0.2) is 11.5 Å². The van der Waals surface area contributed by atoms with Gasteiger partial charge in [-0.25, -0.2) is 0 Å². The standard InChI is InChI=1S/C15H22N2O4/c1-20-13-5-4-12(9-14(13)21-8-7-18)17-15(19)11-3-2-6-16-10-11/h4-5,9,11,16,18H,2-3,6-8,10H2,1H3,(H,17,19)/t11-/m0/s1. The Kier molecular flexibility index (Phi) is 5.83. The molecule has 2 rings (SSSR count). The monoisotopic (exact) mass is 294 g/mol. The molecule has 0 bridgehead atoms. The number of rotatable bonds is 6. The van der Waals surface area contributed by atoms with Crippen molar-refractivity contribution in [3.8, 4) is 11.5 Å². The van der Waals surface area contributed by atoms with Crippen molar-refractivity contribution in [2.24, 2.45) is 5.92 Å². The molecule has 0 saturated carbocycles. The van der Waals surface area contributed by atoms with E-state index in [4.69, 9.17) is 14.6 Å². The van der Waals surface area contributed by atoms with E-state index in [2.05, 4.69) is 10.6 Å². The second kappa shape index (κ2) is 7.85. The van der Waals surface area contributed by atoms with Gasteiger partial charge in [0.25, 0.3) is 0 Å². The van der Waals surface area contributed by atoms with Crippen molar-refractivity contribution in [1.29, 1.82) is 0 Å². The van der Waals surface area contributed by atoms with Crippen molar-refractivity contribution in [2.45, 2.75) is 12.8 Å². The Balaban J connectivity index is 2.03. The van der Waals surface area contributed by atoms with Crippen molar-refractivity contribution in [1.82, 2.24) is 5.32 Å². The van der Waals surface area contributed by atoms with Crippen LogP contribution in [-0.2, 0) is 4.79 Å². The number of amides is 1. The topological polar surface area (TPSA) is 79.8 Å². The third-order valence-electron chi connectivity index (χ3n) is 3.45. The number of anilines is 1. The largest absolute Gasteiger partial charge is 0.493 e. The molecule has 0 unspecified atom stereocenters. The van der Waals surface area contributed by atoms with Crippen molar-refractivity contribution in [3.05, 3.63) is 18.2 Å². The zero-order valence-electron chi connectivity index (χ0n) is 12.2. The molecule has 1 aliphatic heterocycles. The highest BCUT2D eigenvalue weighted by Crippen LogP contribution is 2.30. The van der Waals surface area contributed by atoms with Crippen molar-refractivity contribution in [2.75, 3.05) is 38.7 Å². The molecule has 6 heteroatoms. The molecule has 0 radical (unpaired) electrons. The summed E-state index contributed by atoms with van der Waals surface area (Å²) in [7, 11) is 1.55. The van der Waals surface area contributed by atoms with Gasteiger partial charge >= 0.3 is 0 Å². The number of benzene rings is 1.